The van der Waals surface area contributed by atoms with Crippen LogP contribution in [-0.2, 0) is 9.53 Å². The minimum absolute atomic E-state index is 0.0338. The predicted molar refractivity (Wildman–Crippen MR) is 110 cm³/mol. The van der Waals surface area contributed by atoms with Crippen molar-refractivity contribution in [3.8, 4) is 0 Å². The molecule has 0 bridgehead atoms. The molecule has 0 spiro atoms. The van der Waals surface area contributed by atoms with Crippen LogP contribution in [0.2, 0.25) is 5.02 Å². The van der Waals surface area contributed by atoms with E-state index < -0.39 is 29.1 Å². The number of rotatable bonds is 5. The average molecular weight is 467 g/mol. The molecule has 1 amide bonds. The zero-order chi connectivity index (χ0) is 22.7. The van der Waals surface area contributed by atoms with Crippen molar-refractivity contribution in [1.29, 1.82) is 0 Å². The van der Waals surface area contributed by atoms with Crippen LogP contribution in [0.25, 0.3) is 0 Å². The SMILES string of the molecule is CC1(CNC(=O)C(F)(F)F)CCN(Sc2ccc(Cl)cc2C(=O)OC(C)(C)C)CC1. The lowest BCUT2D eigenvalue weighted by molar-refractivity contribution is -0.174. The summed E-state index contributed by atoms with van der Waals surface area (Å²) in [4.78, 5) is 24.3. The van der Waals surface area contributed by atoms with Crippen molar-refractivity contribution in [3.63, 3.8) is 0 Å². The van der Waals surface area contributed by atoms with Crippen molar-refractivity contribution in [1.82, 2.24) is 9.62 Å². The number of halogens is 4. The van der Waals surface area contributed by atoms with Gasteiger partial charge in [-0.3, -0.25) is 4.79 Å². The first-order chi connectivity index (χ1) is 13.7. The summed E-state index contributed by atoms with van der Waals surface area (Å²) in [6, 6.07) is 5.01. The van der Waals surface area contributed by atoms with Gasteiger partial charge in [0, 0.05) is 29.6 Å². The van der Waals surface area contributed by atoms with Crippen LogP contribution in [0.4, 0.5) is 13.2 Å². The van der Waals surface area contributed by atoms with Gasteiger partial charge in [-0.2, -0.15) is 13.2 Å². The number of amides is 1. The Morgan fingerprint density at radius 1 is 1.23 bits per heavy atom. The molecule has 1 aromatic carbocycles. The molecule has 0 aliphatic carbocycles. The highest BCUT2D eigenvalue weighted by Crippen LogP contribution is 2.37. The first-order valence-electron chi connectivity index (χ1n) is 9.49. The molecule has 1 aromatic rings. The summed E-state index contributed by atoms with van der Waals surface area (Å²) in [5.74, 6) is -2.38. The van der Waals surface area contributed by atoms with Gasteiger partial charge in [0.15, 0.2) is 0 Å². The molecule has 2 rings (SSSR count). The number of nitrogens with zero attached hydrogens (tertiary/aromatic N) is 1. The first kappa shape index (κ1) is 24.8. The van der Waals surface area contributed by atoms with E-state index >= 15 is 0 Å². The molecular weight excluding hydrogens is 441 g/mol. The van der Waals surface area contributed by atoms with Crippen molar-refractivity contribution in [3.05, 3.63) is 28.8 Å². The number of piperidine rings is 1. The van der Waals surface area contributed by atoms with Crippen molar-refractivity contribution < 1.29 is 27.5 Å². The number of esters is 1. The van der Waals surface area contributed by atoms with Gasteiger partial charge in [-0.1, -0.05) is 18.5 Å². The van der Waals surface area contributed by atoms with Crippen molar-refractivity contribution >= 4 is 35.4 Å². The molecule has 1 heterocycles. The molecule has 1 saturated heterocycles. The number of ether oxygens (including phenoxy) is 1. The summed E-state index contributed by atoms with van der Waals surface area (Å²) in [5.41, 5.74) is -0.700. The van der Waals surface area contributed by atoms with Gasteiger partial charge in [0.1, 0.15) is 5.60 Å². The van der Waals surface area contributed by atoms with Crippen LogP contribution in [0.5, 0.6) is 0 Å². The molecule has 0 aromatic heterocycles. The average Bonchev–Trinajstić information content (AvgIpc) is 2.61. The topological polar surface area (TPSA) is 58.6 Å². The van der Waals surface area contributed by atoms with Crippen molar-refractivity contribution in [2.75, 3.05) is 19.6 Å². The summed E-state index contributed by atoms with van der Waals surface area (Å²) in [6.07, 6.45) is -3.67. The van der Waals surface area contributed by atoms with Gasteiger partial charge in [-0.05, 0) is 69.2 Å². The summed E-state index contributed by atoms with van der Waals surface area (Å²) in [6.45, 7) is 8.37. The molecule has 0 atom stereocenters. The van der Waals surface area contributed by atoms with E-state index in [1.807, 2.05) is 16.5 Å². The molecule has 30 heavy (non-hydrogen) atoms. The molecule has 168 valence electrons. The molecule has 0 saturated carbocycles. The van der Waals surface area contributed by atoms with Crippen LogP contribution in [0.3, 0.4) is 0 Å². The monoisotopic (exact) mass is 466 g/mol. The summed E-state index contributed by atoms with van der Waals surface area (Å²) in [7, 11) is 0. The Morgan fingerprint density at radius 2 is 1.83 bits per heavy atom. The van der Waals surface area contributed by atoms with E-state index in [4.69, 9.17) is 16.3 Å². The molecule has 1 fully saturated rings. The fourth-order valence-corrected chi connectivity index (χ4v) is 4.09. The second-order valence-corrected chi connectivity index (χ2v) is 10.2. The maximum Gasteiger partial charge on any atom is 0.471 e. The fourth-order valence-electron chi connectivity index (χ4n) is 2.90. The van der Waals surface area contributed by atoms with E-state index in [1.165, 1.54) is 11.9 Å². The van der Waals surface area contributed by atoms with E-state index in [2.05, 4.69) is 0 Å². The van der Waals surface area contributed by atoms with Crippen LogP contribution in [0.1, 0.15) is 50.9 Å². The smallest absolute Gasteiger partial charge is 0.456 e. The summed E-state index contributed by atoms with van der Waals surface area (Å²) in [5, 5.41) is 2.41. The molecule has 5 nitrogen and oxygen atoms in total. The third-order valence-corrected chi connectivity index (χ3v) is 6.06. The molecule has 1 N–H and O–H groups in total. The van der Waals surface area contributed by atoms with E-state index in [1.54, 1.807) is 39.0 Å². The van der Waals surface area contributed by atoms with E-state index in [9.17, 15) is 22.8 Å². The van der Waals surface area contributed by atoms with Crippen LogP contribution in [0, 0.1) is 5.41 Å². The normalized spacial score (nSPS) is 17.5. The minimum Gasteiger partial charge on any atom is -0.456 e. The standard InChI is InChI=1S/C20H26ClF3N2O3S/c1-18(2,3)29-16(27)14-11-13(21)5-6-15(14)30-26-9-7-19(4,8-10-26)12-25-17(28)20(22,23)24/h5-6,11H,7-10,12H2,1-4H3,(H,25,28). The Kier molecular flexibility index (Phi) is 7.74. The minimum atomic E-state index is -4.88. The largest absolute Gasteiger partial charge is 0.471 e. The van der Waals surface area contributed by atoms with Gasteiger partial charge in [0.25, 0.3) is 0 Å². The molecule has 1 aliphatic rings. The molecular formula is C20H26ClF3N2O3S. The molecule has 1 aliphatic heterocycles. The number of carbonyl (C=O) groups excluding carboxylic acids is 2. The van der Waals surface area contributed by atoms with Crippen molar-refractivity contribution in [2.45, 2.75) is 57.2 Å². The fraction of sp³-hybridized carbons (Fsp3) is 0.600. The maximum absolute atomic E-state index is 12.6. The second-order valence-electron chi connectivity index (χ2n) is 8.65. The quantitative estimate of drug-likeness (QED) is 0.484. The Balaban J connectivity index is 1.99. The Labute approximate surface area is 183 Å². The van der Waals surface area contributed by atoms with Crippen molar-refractivity contribution in [2.24, 2.45) is 5.41 Å². The lowest BCUT2D eigenvalue weighted by Gasteiger charge is -2.39. The van der Waals surface area contributed by atoms with Gasteiger partial charge in [-0.15, -0.1) is 0 Å². The Bertz CT molecular complexity index is 788. The zero-order valence-corrected chi connectivity index (χ0v) is 18.9. The first-order valence-corrected chi connectivity index (χ1v) is 10.6. The number of nitrogens with one attached hydrogen (secondary N) is 1. The second kappa shape index (κ2) is 9.36. The molecule has 0 radical (unpaired) electrons. The Hall–Kier alpha value is -1.45. The van der Waals surface area contributed by atoms with Gasteiger partial charge in [0.05, 0.1) is 5.56 Å². The maximum atomic E-state index is 12.6. The number of carbonyl (C=O) groups is 2. The van der Waals surface area contributed by atoms with Gasteiger partial charge < -0.3 is 10.1 Å². The van der Waals surface area contributed by atoms with Gasteiger partial charge in [-0.25, -0.2) is 9.10 Å². The van der Waals surface area contributed by atoms with Crippen LogP contribution in [0.15, 0.2) is 23.1 Å². The highest BCUT2D eigenvalue weighted by atomic mass is 35.5. The third kappa shape index (κ3) is 7.35. The number of hydrogen-bond donors (Lipinski definition) is 1. The van der Waals surface area contributed by atoms with Crippen LogP contribution < -0.4 is 5.32 Å². The number of benzene rings is 1. The highest BCUT2D eigenvalue weighted by molar-refractivity contribution is 7.97. The predicted octanol–water partition coefficient (Wildman–Crippen LogP) is 5.08. The lowest BCUT2D eigenvalue weighted by Crippen LogP contribution is -2.46. The summed E-state index contributed by atoms with van der Waals surface area (Å²) < 4.78 is 44.7. The van der Waals surface area contributed by atoms with Gasteiger partial charge in [0.2, 0.25) is 0 Å². The van der Waals surface area contributed by atoms with E-state index in [-0.39, 0.29) is 6.54 Å². The number of hydrogen-bond acceptors (Lipinski definition) is 5. The van der Waals surface area contributed by atoms with E-state index in [0.717, 1.165) is 0 Å². The third-order valence-electron chi connectivity index (χ3n) is 4.65. The molecule has 10 heteroatoms. The zero-order valence-electron chi connectivity index (χ0n) is 17.4. The highest BCUT2D eigenvalue weighted by Gasteiger charge is 2.40. The van der Waals surface area contributed by atoms with Crippen LogP contribution >= 0.6 is 23.5 Å². The van der Waals surface area contributed by atoms with Gasteiger partial charge >= 0.3 is 18.1 Å². The summed E-state index contributed by atoms with van der Waals surface area (Å²) >= 11 is 7.45. The van der Waals surface area contributed by atoms with Crippen LogP contribution in [-0.4, -0.2) is 47.6 Å². The molecule has 0 unspecified atom stereocenters. The Morgan fingerprint density at radius 3 is 2.37 bits per heavy atom. The number of alkyl halides is 3. The lowest BCUT2D eigenvalue weighted by atomic mass is 9.81. The van der Waals surface area contributed by atoms with E-state index in [0.29, 0.717) is 41.4 Å².